The molecule has 8 nitrogen and oxygen atoms in total. The summed E-state index contributed by atoms with van der Waals surface area (Å²) in [6.45, 7) is 0.933. The molecule has 1 fully saturated rings. The zero-order chi connectivity index (χ0) is 14.7. The number of aryl methyl sites for hydroxylation is 1. The first-order valence-electron chi connectivity index (χ1n) is 6.65. The average Bonchev–Trinajstić information content (AvgIpc) is 3.10. The Hall–Kier alpha value is -2.77. The maximum absolute atomic E-state index is 11.4. The summed E-state index contributed by atoms with van der Waals surface area (Å²) in [5.41, 5.74) is 0.901. The molecule has 1 saturated heterocycles. The maximum atomic E-state index is 11.4. The molecule has 1 aromatic heterocycles. The summed E-state index contributed by atoms with van der Waals surface area (Å²) in [6.07, 6.45) is 0.587. The molecule has 2 aromatic rings. The molecule has 1 N–H and O–H groups in total. The van der Waals surface area contributed by atoms with Crippen LogP contribution in [0.5, 0.6) is 0 Å². The van der Waals surface area contributed by atoms with E-state index in [2.05, 4.69) is 20.7 Å². The first-order chi connectivity index (χ1) is 10.2. The number of benzene rings is 1. The second-order valence-electron chi connectivity index (χ2n) is 4.63. The van der Waals surface area contributed by atoms with E-state index in [1.807, 2.05) is 30.3 Å². The molecule has 0 radical (unpaired) electrons. The summed E-state index contributed by atoms with van der Waals surface area (Å²) >= 11 is 0. The Morgan fingerprint density at radius 1 is 1.14 bits per heavy atom. The van der Waals surface area contributed by atoms with Crippen LogP contribution in [-0.2, 0) is 11.3 Å². The number of hydrogen-bond donors (Lipinski definition) is 1. The van der Waals surface area contributed by atoms with Crippen LogP contribution < -0.4 is 5.32 Å². The van der Waals surface area contributed by atoms with Gasteiger partial charge in [0.25, 0.3) is 0 Å². The molecule has 8 heteroatoms. The summed E-state index contributed by atoms with van der Waals surface area (Å²) < 4.78 is 0. The Bertz CT molecular complexity index is 638. The Morgan fingerprint density at radius 3 is 2.67 bits per heavy atom. The number of carbonyl (C=O) groups is 2. The van der Waals surface area contributed by atoms with E-state index in [0.717, 1.165) is 5.56 Å². The Labute approximate surface area is 120 Å². The summed E-state index contributed by atoms with van der Waals surface area (Å²) in [5.74, 6) is 0.363. The number of nitrogens with one attached hydrogen (secondary N) is 1. The fourth-order valence-corrected chi connectivity index (χ4v) is 2.09. The molecule has 108 valence electrons. The van der Waals surface area contributed by atoms with E-state index >= 15 is 0 Å². The highest BCUT2D eigenvalue weighted by atomic mass is 16.2. The number of carbonyl (C=O) groups excluding carboxylic acids is 2. The number of rotatable bonds is 5. The molecular weight excluding hydrogens is 272 g/mol. The molecule has 0 aliphatic carbocycles. The van der Waals surface area contributed by atoms with E-state index in [9.17, 15) is 9.59 Å². The van der Waals surface area contributed by atoms with Crippen molar-refractivity contribution in [2.45, 2.75) is 13.0 Å². The highest BCUT2D eigenvalue weighted by Crippen LogP contribution is 2.11. The van der Waals surface area contributed by atoms with Gasteiger partial charge in [-0.1, -0.05) is 30.3 Å². The lowest BCUT2D eigenvalue weighted by atomic mass is 10.2. The normalized spacial score (nSPS) is 14.6. The fraction of sp³-hybridized carbons (Fsp3) is 0.308. The van der Waals surface area contributed by atoms with Gasteiger partial charge >= 0.3 is 6.03 Å². The van der Waals surface area contributed by atoms with Crippen molar-refractivity contribution in [1.82, 2.24) is 30.4 Å². The lowest BCUT2D eigenvalue weighted by Gasteiger charge is -2.10. The standard InChI is InChI=1S/C13H14N6O2/c20-11-9-14-13(21)18(11)7-4-8-19-16-12(15-17-19)10-5-2-1-3-6-10/h1-3,5-6H,4,7-9H2,(H,14,21). The zero-order valence-corrected chi connectivity index (χ0v) is 11.3. The van der Waals surface area contributed by atoms with Crippen molar-refractivity contribution in [2.24, 2.45) is 0 Å². The van der Waals surface area contributed by atoms with E-state index in [-0.39, 0.29) is 18.5 Å². The maximum Gasteiger partial charge on any atom is 0.324 e. The lowest BCUT2D eigenvalue weighted by molar-refractivity contribution is -0.125. The van der Waals surface area contributed by atoms with Crippen molar-refractivity contribution in [3.8, 4) is 11.4 Å². The fourth-order valence-electron chi connectivity index (χ4n) is 2.09. The van der Waals surface area contributed by atoms with Crippen molar-refractivity contribution < 1.29 is 9.59 Å². The molecule has 1 aliphatic rings. The lowest BCUT2D eigenvalue weighted by Crippen LogP contribution is -2.32. The SMILES string of the molecule is O=C1CNC(=O)N1CCCn1nnc(-c2ccccc2)n1. The van der Waals surface area contributed by atoms with Gasteiger partial charge in [0, 0.05) is 12.1 Å². The monoisotopic (exact) mass is 286 g/mol. The van der Waals surface area contributed by atoms with Gasteiger partial charge in [0.15, 0.2) is 0 Å². The first kappa shape index (κ1) is 13.2. The van der Waals surface area contributed by atoms with E-state index in [1.165, 1.54) is 9.70 Å². The summed E-state index contributed by atoms with van der Waals surface area (Å²) in [6, 6.07) is 9.23. The van der Waals surface area contributed by atoms with Gasteiger partial charge < -0.3 is 5.32 Å². The van der Waals surface area contributed by atoms with Gasteiger partial charge in [0.05, 0.1) is 13.1 Å². The van der Waals surface area contributed by atoms with Crippen molar-refractivity contribution in [2.75, 3.05) is 13.1 Å². The summed E-state index contributed by atoms with van der Waals surface area (Å²) in [5, 5.41) is 14.7. The predicted octanol–water partition coefficient (Wildman–Crippen LogP) is 0.282. The van der Waals surface area contributed by atoms with Crippen LogP contribution in [-0.4, -0.2) is 50.1 Å². The second kappa shape index (κ2) is 5.70. The largest absolute Gasteiger partial charge is 0.329 e. The molecule has 21 heavy (non-hydrogen) atoms. The minimum atomic E-state index is -0.337. The van der Waals surface area contributed by atoms with Crippen molar-refractivity contribution in [3.05, 3.63) is 30.3 Å². The predicted molar refractivity (Wildman–Crippen MR) is 73.0 cm³/mol. The highest BCUT2D eigenvalue weighted by molar-refractivity contribution is 6.01. The summed E-state index contributed by atoms with van der Waals surface area (Å²) in [7, 11) is 0. The molecule has 0 spiro atoms. The van der Waals surface area contributed by atoms with E-state index in [1.54, 1.807) is 0 Å². The molecule has 0 bridgehead atoms. The number of amides is 3. The van der Waals surface area contributed by atoms with Crippen LogP contribution in [0.25, 0.3) is 11.4 Å². The average molecular weight is 286 g/mol. The Morgan fingerprint density at radius 2 is 1.95 bits per heavy atom. The van der Waals surface area contributed by atoms with Gasteiger partial charge in [-0.2, -0.15) is 4.80 Å². The van der Waals surface area contributed by atoms with Gasteiger partial charge in [0.2, 0.25) is 11.7 Å². The topological polar surface area (TPSA) is 93.0 Å². The highest BCUT2D eigenvalue weighted by Gasteiger charge is 2.27. The molecular formula is C13H14N6O2. The minimum absolute atomic E-state index is 0.0819. The van der Waals surface area contributed by atoms with Crippen molar-refractivity contribution >= 4 is 11.9 Å². The van der Waals surface area contributed by atoms with Crippen LogP contribution in [0.3, 0.4) is 0 Å². The third kappa shape index (κ3) is 2.88. The Kier molecular flexibility index (Phi) is 3.59. The van der Waals surface area contributed by atoms with Gasteiger partial charge in [0.1, 0.15) is 0 Å². The molecule has 0 atom stereocenters. The van der Waals surface area contributed by atoms with Crippen LogP contribution in [0.2, 0.25) is 0 Å². The molecule has 1 aromatic carbocycles. The van der Waals surface area contributed by atoms with E-state index < -0.39 is 0 Å². The molecule has 0 unspecified atom stereocenters. The molecule has 3 amide bonds. The molecule has 2 heterocycles. The number of tetrazole rings is 1. The van der Waals surface area contributed by atoms with Crippen LogP contribution in [0.1, 0.15) is 6.42 Å². The smallest absolute Gasteiger partial charge is 0.324 e. The first-order valence-corrected chi connectivity index (χ1v) is 6.65. The van der Waals surface area contributed by atoms with E-state index in [4.69, 9.17) is 0 Å². The van der Waals surface area contributed by atoms with Gasteiger partial charge in [-0.25, -0.2) is 4.79 Å². The van der Waals surface area contributed by atoms with E-state index in [0.29, 0.717) is 25.3 Å². The van der Waals surface area contributed by atoms with Crippen LogP contribution >= 0.6 is 0 Å². The second-order valence-corrected chi connectivity index (χ2v) is 4.63. The van der Waals surface area contributed by atoms with Gasteiger partial charge in [-0.05, 0) is 11.6 Å². The van der Waals surface area contributed by atoms with Gasteiger partial charge in [-0.3, -0.25) is 9.69 Å². The number of nitrogens with zero attached hydrogens (tertiary/aromatic N) is 5. The number of hydrogen-bond acceptors (Lipinski definition) is 5. The number of aromatic nitrogens is 4. The number of urea groups is 1. The number of imide groups is 1. The Balaban J connectivity index is 1.56. The van der Waals surface area contributed by atoms with Crippen molar-refractivity contribution in [3.63, 3.8) is 0 Å². The molecule has 1 aliphatic heterocycles. The van der Waals surface area contributed by atoms with Crippen molar-refractivity contribution in [1.29, 1.82) is 0 Å². The molecule has 3 rings (SSSR count). The summed E-state index contributed by atoms with van der Waals surface area (Å²) in [4.78, 5) is 25.4. The van der Waals surface area contributed by atoms with Gasteiger partial charge in [-0.15, -0.1) is 10.2 Å². The minimum Gasteiger partial charge on any atom is -0.329 e. The van der Waals surface area contributed by atoms with Crippen LogP contribution in [0.4, 0.5) is 4.79 Å². The quantitative estimate of drug-likeness (QED) is 0.797. The third-order valence-electron chi connectivity index (χ3n) is 3.16. The third-order valence-corrected chi connectivity index (χ3v) is 3.16. The zero-order valence-electron chi connectivity index (χ0n) is 11.3. The van der Waals surface area contributed by atoms with Crippen LogP contribution in [0, 0.1) is 0 Å². The molecule has 0 saturated carbocycles. The van der Waals surface area contributed by atoms with Crippen LogP contribution in [0.15, 0.2) is 30.3 Å².